The number of rotatable bonds is 8. The molecule has 0 aromatic heterocycles. The first kappa shape index (κ1) is 14.1. The van der Waals surface area contributed by atoms with Gasteiger partial charge in [0.2, 0.25) is 0 Å². The summed E-state index contributed by atoms with van der Waals surface area (Å²) in [5.74, 6) is 0. The van der Waals surface area contributed by atoms with Crippen molar-refractivity contribution >= 4 is 11.6 Å². The molecule has 0 aromatic rings. The highest BCUT2D eigenvalue weighted by Gasteiger charge is 2.10. The zero-order valence-electron chi connectivity index (χ0n) is 10.8. The first-order chi connectivity index (χ1) is 7.83. The molecule has 1 atom stereocenters. The fourth-order valence-corrected chi connectivity index (χ4v) is 2.80. The summed E-state index contributed by atoms with van der Waals surface area (Å²) in [6, 6.07) is 0. The quantitative estimate of drug-likeness (QED) is 0.285. The van der Waals surface area contributed by atoms with Gasteiger partial charge in [-0.15, -0.1) is 11.6 Å². The third-order valence-corrected chi connectivity index (χ3v) is 3.84. The van der Waals surface area contributed by atoms with E-state index in [1.54, 1.807) is 5.57 Å². The van der Waals surface area contributed by atoms with Gasteiger partial charge in [0.25, 0.3) is 0 Å². The maximum Gasteiger partial charge on any atom is 0.0518 e. The van der Waals surface area contributed by atoms with Crippen LogP contribution >= 0.6 is 11.6 Å². The zero-order valence-corrected chi connectivity index (χ0v) is 11.6. The Hall–Kier alpha value is 0.0300. The normalized spacial score (nSPS) is 20.9. The van der Waals surface area contributed by atoms with Gasteiger partial charge in [0, 0.05) is 0 Å². The maximum atomic E-state index is 6.13. The van der Waals surface area contributed by atoms with Gasteiger partial charge in [-0.05, 0) is 32.1 Å². The molecule has 0 N–H and O–H groups in total. The van der Waals surface area contributed by atoms with Crippen molar-refractivity contribution in [3.63, 3.8) is 0 Å². The molecule has 16 heavy (non-hydrogen) atoms. The van der Waals surface area contributed by atoms with E-state index in [1.165, 1.54) is 70.6 Å². The molecule has 94 valence electrons. The van der Waals surface area contributed by atoms with Crippen molar-refractivity contribution in [1.82, 2.24) is 0 Å². The van der Waals surface area contributed by atoms with Crippen molar-refractivity contribution in [2.45, 2.75) is 82.9 Å². The first-order valence-corrected chi connectivity index (χ1v) is 7.60. The van der Waals surface area contributed by atoms with Gasteiger partial charge in [-0.1, -0.05) is 57.1 Å². The number of hydrogen-bond acceptors (Lipinski definition) is 0. The largest absolute Gasteiger partial charge is 0.118 e. The summed E-state index contributed by atoms with van der Waals surface area (Å²) in [5.41, 5.74) is 1.62. The van der Waals surface area contributed by atoms with Gasteiger partial charge in [-0.3, -0.25) is 0 Å². The third-order valence-electron chi connectivity index (χ3n) is 3.50. The Morgan fingerprint density at radius 3 is 2.50 bits per heavy atom. The second-order valence-corrected chi connectivity index (χ2v) is 5.67. The molecule has 1 aliphatic carbocycles. The van der Waals surface area contributed by atoms with Crippen LogP contribution in [-0.4, -0.2) is 5.38 Å². The van der Waals surface area contributed by atoms with Crippen molar-refractivity contribution in [1.29, 1.82) is 0 Å². The summed E-state index contributed by atoms with van der Waals surface area (Å²) in [6.45, 7) is 2.28. The van der Waals surface area contributed by atoms with Gasteiger partial charge in [0.05, 0.1) is 5.38 Å². The molecule has 0 aromatic carbocycles. The number of unbranched alkanes of at least 4 members (excludes halogenated alkanes) is 6. The molecule has 1 heteroatoms. The zero-order chi connectivity index (χ0) is 11.6. The minimum atomic E-state index is 0.327. The standard InChI is InChI=1S/C15H27Cl/c1-2-3-4-5-6-7-8-10-14-11-9-12-15(16)13-14/h13,15H,2-12H2,1H3. The molecule has 0 radical (unpaired) electrons. The van der Waals surface area contributed by atoms with Crippen molar-refractivity contribution in [3.05, 3.63) is 11.6 Å². The minimum Gasteiger partial charge on any atom is -0.118 e. The van der Waals surface area contributed by atoms with E-state index in [0.29, 0.717) is 5.38 Å². The second-order valence-electron chi connectivity index (χ2n) is 5.10. The van der Waals surface area contributed by atoms with Crippen LogP contribution in [0, 0.1) is 0 Å². The monoisotopic (exact) mass is 242 g/mol. The van der Waals surface area contributed by atoms with Crippen molar-refractivity contribution < 1.29 is 0 Å². The molecular weight excluding hydrogens is 216 g/mol. The van der Waals surface area contributed by atoms with E-state index in [-0.39, 0.29) is 0 Å². The summed E-state index contributed by atoms with van der Waals surface area (Å²) in [7, 11) is 0. The molecule has 1 aliphatic rings. The molecule has 0 saturated heterocycles. The molecule has 0 amide bonds. The predicted molar refractivity (Wildman–Crippen MR) is 74.2 cm³/mol. The van der Waals surface area contributed by atoms with Gasteiger partial charge in [0.15, 0.2) is 0 Å². The summed E-state index contributed by atoms with van der Waals surface area (Å²) >= 11 is 6.13. The van der Waals surface area contributed by atoms with E-state index in [1.807, 2.05) is 0 Å². The lowest BCUT2D eigenvalue weighted by molar-refractivity contribution is 0.578. The Bertz CT molecular complexity index is 196. The van der Waals surface area contributed by atoms with Crippen LogP contribution in [0.5, 0.6) is 0 Å². The lowest BCUT2D eigenvalue weighted by Gasteiger charge is -2.16. The molecule has 0 saturated carbocycles. The summed E-state index contributed by atoms with van der Waals surface area (Å²) in [4.78, 5) is 0. The van der Waals surface area contributed by atoms with E-state index < -0.39 is 0 Å². The van der Waals surface area contributed by atoms with Gasteiger partial charge in [-0.25, -0.2) is 0 Å². The minimum absolute atomic E-state index is 0.327. The van der Waals surface area contributed by atoms with Gasteiger partial charge in [0.1, 0.15) is 0 Å². The number of hydrogen-bond donors (Lipinski definition) is 0. The Morgan fingerprint density at radius 1 is 1.12 bits per heavy atom. The van der Waals surface area contributed by atoms with E-state index in [4.69, 9.17) is 11.6 Å². The average molecular weight is 243 g/mol. The fraction of sp³-hybridized carbons (Fsp3) is 0.867. The highest BCUT2D eigenvalue weighted by Crippen LogP contribution is 2.25. The predicted octanol–water partition coefficient (Wildman–Crippen LogP) is 5.84. The van der Waals surface area contributed by atoms with Gasteiger partial charge in [-0.2, -0.15) is 0 Å². The van der Waals surface area contributed by atoms with E-state index >= 15 is 0 Å². The summed E-state index contributed by atoms with van der Waals surface area (Å²) < 4.78 is 0. The van der Waals surface area contributed by atoms with Crippen LogP contribution in [0.2, 0.25) is 0 Å². The van der Waals surface area contributed by atoms with E-state index in [2.05, 4.69) is 13.0 Å². The third kappa shape index (κ3) is 6.58. The fourth-order valence-electron chi connectivity index (χ4n) is 2.46. The second kappa shape index (κ2) is 9.10. The smallest absolute Gasteiger partial charge is 0.0518 e. The van der Waals surface area contributed by atoms with Crippen LogP contribution < -0.4 is 0 Å². The SMILES string of the molecule is CCCCCCCCCC1=CC(Cl)CCC1. The lowest BCUT2D eigenvalue weighted by Crippen LogP contribution is -2.03. The van der Waals surface area contributed by atoms with Crippen LogP contribution in [0.15, 0.2) is 11.6 Å². The van der Waals surface area contributed by atoms with Crippen LogP contribution in [0.25, 0.3) is 0 Å². The molecule has 1 rings (SSSR count). The maximum absolute atomic E-state index is 6.13. The molecule has 0 bridgehead atoms. The molecule has 0 nitrogen and oxygen atoms in total. The molecule has 0 aliphatic heterocycles. The average Bonchev–Trinajstić information content (AvgIpc) is 2.28. The van der Waals surface area contributed by atoms with Crippen LogP contribution in [0.1, 0.15) is 77.6 Å². The van der Waals surface area contributed by atoms with Gasteiger partial charge < -0.3 is 0 Å². The van der Waals surface area contributed by atoms with Crippen LogP contribution in [0.3, 0.4) is 0 Å². The van der Waals surface area contributed by atoms with Crippen molar-refractivity contribution in [3.8, 4) is 0 Å². The molecular formula is C15H27Cl. The topological polar surface area (TPSA) is 0 Å². The number of halogens is 1. The Labute approximate surface area is 106 Å². The molecule has 0 spiro atoms. The van der Waals surface area contributed by atoms with E-state index in [0.717, 1.165) is 0 Å². The summed E-state index contributed by atoms with van der Waals surface area (Å²) in [5, 5.41) is 0.327. The highest BCUT2D eigenvalue weighted by molar-refractivity contribution is 6.21. The van der Waals surface area contributed by atoms with Gasteiger partial charge >= 0.3 is 0 Å². The van der Waals surface area contributed by atoms with Crippen molar-refractivity contribution in [2.24, 2.45) is 0 Å². The first-order valence-electron chi connectivity index (χ1n) is 7.16. The highest BCUT2D eigenvalue weighted by atomic mass is 35.5. The lowest BCUT2D eigenvalue weighted by atomic mass is 9.94. The summed E-state index contributed by atoms with van der Waals surface area (Å²) in [6.07, 6.45) is 17.3. The molecule has 0 heterocycles. The van der Waals surface area contributed by atoms with Crippen LogP contribution in [0.4, 0.5) is 0 Å². The molecule has 0 fully saturated rings. The Kier molecular flexibility index (Phi) is 8.02. The van der Waals surface area contributed by atoms with Crippen LogP contribution in [-0.2, 0) is 0 Å². The molecule has 1 unspecified atom stereocenters. The number of alkyl halides is 1. The Morgan fingerprint density at radius 2 is 1.81 bits per heavy atom. The Balaban J connectivity index is 1.94. The van der Waals surface area contributed by atoms with E-state index in [9.17, 15) is 0 Å². The van der Waals surface area contributed by atoms with Crippen molar-refractivity contribution in [2.75, 3.05) is 0 Å². The number of allylic oxidation sites excluding steroid dienone is 2.